The van der Waals surface area contributed by atoms with E-state index in [1.54, 1.807) is 36.4 Å². The number of aromatic amines is 1. The first-order chi connectivity index (χ1) is 19.5. The van der Waals surface area contributed by atoms with Crippen LogP contribution in [-0.4, -0.2) is 33.9 Å². The highest BCUT2D eigenvalue weighted by Gasteiger charge is 2.23. The predicted molar refractivity (Wildman–Crippen MR) is 153 cm³/mol. The van der Waals surface area contributed by atoms with Crippen molar-refractivity contribution in [2.75, 3.05) is 5.32 Å². The Labute approximate surface area is 230 Å². The van der Waals surface area contributed by atoms with E-state index < -0.39 is 23.8 Å². The topological polar surface area (TPSA) is 121 Å². The lowest BCUT2D eigenvalue weighted by Crippen LogP contribution is -2.42. The molecule has 1 unspecified atom stereocenters. The summed E-state index contributed by atoms with van der Waals surface area (Å²) in [7, 11) is 0. The summed E-state index contributed by atoms with van der Waals surface area (Å²) < 4.78 is 5.89. The quantitative estimate of drug-likeness (QED) is 0.191. The number of anilines is 1. The molecule has 5 aromatic rings. The van der Waals surface area contributed by atoms with E-state index in [0.717, 1.165) is 22.0 Å². The molecule has 0 bridgehead atoms. The van der Waals surface area contributed by atoms with Crippen LogP contribution in [-0.2, 0) is 17.8 Å². The Hall–Kier alpha value is -5.37. The Morgan fingerprint density at radius 1 is 0.775 bits per heavy atom. The standard InChI is InChI=1S/C32H27N3O5/c36-30(35-29(32(38)39)17-21-9-3-1-4-10-21)25-13-7-8-14-27(25)34-31(37)28-19-23-18-24(15-16-26(23)33-28)40-20-22-11-5-2-6-12-22/h1-16,18-19,29,33H,17,20H2,(H,34,37)(H,35,36)(H,38,39). The fraction of sp³-hybridized carbons (Fsp3) is 0.0938. The molecule has 5 rings (SSSR count). The number of ether oxygens (including phenoxy) is 1. The molecule has 200 valence electrons. The molecule has 8 nitrogen and oxygen atoms in total. The number of aromatic nitrogens is 1. The summed E-state index contributed by atoms with van der Waals surface area (Å²) in [5.41, 5.74) is 3.31. The molecule has 1 heterocycles. The number of aliphatic carboxylic acids is 1. The molecule has 0 spiro atoms. The molecule has 0 aliphatic carbocycles. The van der Waals surface area contributed by atoms with E-state index in [1.807, 2.05) is 66.7 Å². The minimum absolute atomic E-state index is 0.128. The molecule has 4 N–H and O–H groups in total. The normalized spacial score (nSPS) is 11.5. The number of carbonyl (C=O) groups is 3. The van der Waals surface area contributed by atoms with Gasteiger partial charge in [-0.25, -0.2) is 4.79 Å². The Balaban J connectivity index is 1.28. The number of hydrogen-bond acceptors (Lipinski definition) is 4. The molecule has 0 aliphatic rings. The summed E-state index contributed by atoms with van der Waals surface area (Å²) in [5, 5.41) is 15.8. The van der Waals surface area contributed by atoms with Crippen LogP contribution >= 0.6 is 0 Å². The number of carbonyl (C=O) groups excluding carboxylic acids is 2. The van der Waals surface area contributed by atoms with E-state index >= 15 is 0 Å². The Kier molecular flexibility index (Phi) is 7.87. The van der Waals surface area contributed by atoms with Gasteiger partial charge in [0.1, 0.15) is 24.1 Å². The van der Waals surface area contributed by atoms with Gasteiger partial charge in [-0.05, 0) is 47.5 Å². The molecule has 0 saturated heterocycles. The number of para-hydroxylation sites is 1. The first-order valence-electron chi connectivity index (χ1n) is 12.7. The second-order valence-electron chi connectivity index (χ2n) is 9.26. The van der Waals surface area contributed by atoms with Gasteiger partial charge in [-0.15, -0.1) is 0 Å². The highest BCUT2D eigenvalue weighted by molar-refractivity contribution is 6.10. The van der Waals surface area contributed by atoms with Gasteiger partial charge in [-0.3, -0.25) is 9.59 Å². The van der Waals surface area contributed by atoms with Crippen LogP contribution in [0.15, 0.2) is 109 Å². The summed E-state index contributed by atoms with van der Waals surface area (Å²) in [6, 6.07) is 31.5. The lowest BCUT2D eigenvalue weighted by Gasteiger charge is -2.16. The van der Waals surface area contributed by atoms with E-state index in [9.17, 15) is 19.5 Å². The maximum absolute atomic E-state index is 13.1. The van der Waals surface area contributed by atoms with E-state index in [0.29, 0.717) is 18.1 Å². The molecule has 0 aliphatic heterocycles. The van der Waals surface area contributed by atoms with Crippen LogP contribution in [0.4, 0.5) is 5.69 Å². The van der Waals surface area contributed by atoms with Crippen LogP contribution in [0.2, 0.25) is 0 Å². The number of benzene rings is 4. The van der Waals surface area contributed by atoms with Crippen molar-refractivity contribution < 1.29 is 24.2 Å². The largest absolute Gasteiger partial charge is 0.489 e. The highest BCUT2D eigenvalue weighted by atomic mass is 16.5. The summed E-state index contributed by atoms with van der Waals surface area (Å²) in [4.78, 5) is 41.1. The third-order valence-electron chi connectivity index (χ3n) is 6.39. The monoisotopic (exact) mass is 533 g/mol. The van der Waals surface area contributed by atoms with Crippen molar-refractivity contribution in [2.24, 2.45) is 0 Å². The second-order valence-corrected chi connectivity index (χ2v) is 9.26. The predicted octanol–water partition coefficient (Wildman–Crippen LogP) is 5.42. The molecule has 8 heteroatoms. The molecule has 1 aromatic heterocycles. The van der Waals surface area contributed by atoms with Crippen molar-refractivity contribution >= 4 is 34.4 Å². The van der Waals surface area contributed by atoms with Crippen LogP contribution in [0.5, 0.6) is 5.75 Å². The van der Waals surface area contributed by atoms with Crippen LogP contribution in [0.1, 0.15) is 32.0 Å². The van der Waals surface area contributed by atoms with Crippen molar-refractivity contribution in [3.05, 3.63) is 132 Å². The minimum Gasteiger partial charge on any atom is -0.489 e. The van der Waals surface area contributed by atoms with Gasteiger partial charge >= 0.3 is 5.97 Å². The SMILES string of the molecule is O=C(Nc1ccccc1C(=O)NC(Cc1ccccc1)C(=O)O)c1cc2cc(OCc3ccccc3)ccc2[nH]1. The van der Waals surface area contributed by atoms with E-state index in [-0.39, 0.29) is 17.7 Å². The third-order valence-corrected chi connectivity index (χ3v) is 6.39. The number of carboxylic acids is 1. The van der Waals surface area contributed by atoms with Crippen LogP contribution in [0, 0.1) is 0 Å². The van der Waals surface area contributed by atoms with Gasteiger partial charge in [0.2, 0.25) is 0 Å². The number of amides is 2. The van der Waals surface area contributed by atoms with Gasteiger partial charge in [0, 0.05) is 17.3 Å². The Morgan fingerprint density at radius 3 is 2.17 bits per heavy atom. The summed E-state index contributed by atoms with van der Waals surface area (Å²) >= 11 is 0. The van der Waals surface area contributed by atoms with Crippen molar-refractivity contribution in [3.63, 3.8) is 0 Å². The van der Waals surface area contributed by atoms with Crippen LogP contribution in [0.25, 0.3) is 10.9 Å². The van der Waals surface area contributed by atoms with Gasteiger partial charge in [0.15, 0.2) is 0 Å². The molecule has 1 atom stereocenters. The zero-order valence-electron chi connectivity index (χ0n) is 21.5. The van der Waals surface area contributed by atoms with Gasteiger partial charge in [0.25, 0.3) is 11.8 Å². The molecule has 0 fully saturated rings. The number of fused-ring (bicyclic) bond motifs is 1. The average molecular weight is 534 g/mol. The minimum atomic E-state index is -1.15. The Morgan fingerprint density at radius 2 is 1.45 bits per heavy atom. The first-order valence-corrected chi connectivity index (χ1v) is 12.7. The highest BCUT2D eigenvalue weighted by Crippen LogP contribution is 2.24. The zero-order valence-corrected chi connectivity index (χ0v) is 21.5. The third kappa shape index (κ3) is 6.36. The molecule has 0 saturated carbocycles. The number of H-pyrrole nitrogens is 1. The maximum Gasteiger partial charge on any atom is 0.326 e. The fourth-order valence-electron chi connectivity index (χ4n) is 4.33. The first kappa shape index (κ1) is 26.2. The fourth-order valence-corrected chi connectivity index (χ4v) is 4.33. The average Bonchev–Trinajstić information content (AvgIpc) is 3.41. The maximum atomic E-state index is 13.1. The van der Waals surface area contributed by atoms with Crippen molar-refractivity contribution in [1.29, 1.82) is 0 Å². The van der Waals surface area contributed by atoms with Crippen molar-refractivity contribution in [3.8, 4) is 5.75 Å². The number of nitrogens with one attached hydrogen (secondary N) is 3. The van der Waals surface area contributed by atoms with E-state index in [2.05, 4.69) is 15.6 Å². The van der Waals surface area contributed by atoms with Crippen molar-refractivity contribution in [2.45, 2.75) is 19.1 Å². The van der Waals surface area contributed by atoms with Crippen molar-refractivity contribution in [1.82, 2.24) is 10.3 Å². The molecule has 40 heavy (non-hydrogen) atoms. The number of hydrogen-bond donors (Lipinski definition) is 4. The summed E-state index contributed by atoms with van der Waals surface area (Å²) in [6.07, 6.45) is 0.128. The van der Waals surface area contributed by atoms with Gasteiger partial charge in [0.05, 0.1) is 11.3 Å². The number of rotatable bonds is 10. The van der Waals surface area contributed by atoms with E-state index in [4.69, 9.17) is 4.74 Å². The Bertz CT molecular complexity index is 1650. The van der Waals surface area contributed by atoms with Gasteiger partial charge in [-0.1, -0.05) is 72.8 Å². The molecular formula is C32H27N3O5. The zero-order chi connectivity index (χ0) is 27.9. The molecular weight excluding hydrogens is 506 g/mol. The molecule has 0 radical (unpaired) electrons. The van der Waals surface area contributed by atoms with E-state index in [1.165, 1.54) is 6.07 Å². The summed E-state index contributed by atoms with van der Waals surface area (Å²) in [5.74, 6) is -1.52. The van der Waals surface area contributed by atoms with Gasteiger partial charge < -0.3 is 25.5 Å². The summed E-state index contributed by atoms with van der Waals surface area (Å²) in [6.45, 7) is 0.428. The smallest absolute Gasteiger partial charge is 0.326 e. The second kappa shape index (κ2) is 12.0. The lowest BCUT2D eigenvalue weighted by atomic mass is 10.1. The number of carboxylic acid groups (broad SMARTS) is 1. The van der Waals surface area contributed by atoms with Crippen LogP contribution < -0.4 is 15.4 Å². The lowest BCUT2D eigenvalue weighted by molar-refractivity contribution is -0.139. The molecule has 4 aromatic carbocycles. The van der Waals surface area contributed by atoms with Gasteiger partial charge in [-0.2, -0.15) is 0 Å². The molecule has 2 amide bonds. The van der Waals surface area contributed by atoms with Crippen LogP contribution in [0.3, 0.4) is 0 Å².